The maximum Gasteiger partial charge on any atom is 0.417 e. The van der Waals surface area contributed by atoms with Gasteiger partial charge < -0.3 is 4.74 Å². The number of carbonyl (C=O) groups excluding carboxylic acids is 2. The molecule has 106 valence electrons. The van der Waals surface area contributed by atoms with E-state index in [2.05, 4.69) is 4.74 Å². The van der Waals surface area contributed by atoms with Crippen LogP contribution in [0.2, 0.25) is 0 Å². The van der Waals surface area contributed by atoms with Gasteiger partial charge in [0.2, 0.25) is 0 Å². The molecular formula is C13H9F3O3S. The van der Waals surface area contributed by atoms with Crippen LogP contribution in [0.5, 0.6) is 0 Å². The zero-order valence-corrected chi connectivity index (χ0v) is 11.1. The number of hydrogen-bond acceptors (Lipinski definition) is 4. The summed E-state index contributed by atoms with van der Waals surface area (Å²) in [7, 11) is 0. The van der Waals surface area contributed by atoms with Crippen molar-refractivity contribution in [3.8, 4) is 0 Å². The van der Waals surface area contributed by atoms with Gasteiger partial charge in [0, 0.05) is 4.70 Å². The molecule has 0 bridgehead atoms. The van der Waals surface area contributed by atoms with Crippen LogP contribution in [0.15, 0.2) is 24.3 Å². The molecule has 7 heteroatoms. The summed E-state index contributed by atoms with van der Waals surface area (Å²) in [4.78, 5) is 23.0. The molecule has 0 saturated heterocycles. The van der Waals surface area contributed by atoms with E-state index < -0.39 is 23.5 Å². The number of carbonyl (C=O) groups is 2. The minimum atomic E-state index is -4.51. The topological polar surface area (TPSA) is 43.4 Å². The Labute approximate surface area is 116 Å². The van der Waals surface area contributed by atoms with Crippen LogP contribution in [0, 0.1) is 0 Å². The summed E-state index contributed by atoms with van der Waals surface area (Å²) in [6.45, 7) is 1.57. The van der Waals surface area contributed by atoms with Crippen LogP contribution in [-0.4, -0.2) is 18.4 Å². The first-order valence-corrected chi connectivity index (χ1v) is 6.47. The van der Waals surface area contributed by atoms with Crippen molar-refractivity contribution in [2.24, 2.45) is 0 Å². The molecule has 0 aliphatic heterocycles. The lowest BCUT2D eigenvalue weighted by Crippen LogP contribution is -2.16. The molecule has 0 fully saturated rings. The van der Waals surface area contributed by atoms with Gasteiger partial charge in [0.25, 0.3) is 5.78 Å². The Bertz CT molecular complexity index is 673. The number of Topliss-reactive ketones (excluding diaryl/α,β-unsaturated/α-hetero) is 1. The van der Waals surface area contributed by atoms with Gasteiger partial charge in [-0.05, 0) is 24.4 Å². The molecule has 2 aromatic rings. The summed E-state index contributed by atoms with van der Waals surface area (Å²) in [6.07, 6.45) is -4.51. The van der Waals surface area contributed by atoms with Crippen molar-refractivity contribution in [3.63, 3.8) is 0 Å². The van der Waals surface area contributed by atoms with Gasteiger partial charge >= 0.3 is 12.1 Å². The van der Waals surface area contributed by atoms with Crippen LogP contribution in [0.4, 0.5) is 13.2 Å². The van der Waals surface area contributed by atoms with Gasteiger partial charge in [0.15, 0.2) is 0 Å². The molecular weight excluding hydrogens is 293 g/mol. The molecule has 0 atom stereocenters. The second kappa shape index (κ2) is 5.24. The van der Waals surface area contributed by atoms with E-state index in [1.54, 1.807) is 0 Å². The molecule has 0 amide bonds. The number of benzene rings is 1. The number of hydrogen-bond donors (Lipinski definition) is 0. The van der Waals surface area contributed by atoms with Gasteiger partial charge in [-0.2, -0.15) is 13.2 Å². The summed E-state index contributed by atoms with van der Waals surface area (Å²) >= 11 is 0.643. The number of alkyl halides is 3. The number of fused-ring (bicyclic) bond motifs is 1. The molecule has 0 unspecified atom stereocenters. The van der Waals surface area contributed by atoms with E-state index >= 15 is 0 Å². The van der Waals surface area contributed by atoms with Crippen molar-refractivity contribution in [2.75, 3.05) is 6.61 Å². The molecule has 0 aliphatic rings. The molecule has 3 nitrogen and oxygen atoms in total. The molecule has 0 N–H and O–H groups in total. The van der Waals surface area contributed by atoms with Crippen molar-refractivity contribution in [1.82, 2.24) is 0 Å². The van der Waals surface area contributed by atoms with E-state index in [9.17, 15) is 22.8 Å². The number of rotatable bonds is 3. The Morgan fingerprint density at radius 1 is 1.30 bits per heavy atom. The average Bonchev–Trinajstić information content (AvgIpc) is 2.80. The van der Waals surface area contributed by atoms with Gasteiger partial charge in [-0.3, -0.25) is 4.79 Å². The summed E-state index contributed by atoms with van der Waals surface area (Å²) in [5.74, 6) is -1.99. The highest BCUT2D eigenvalue weighted by Gasteiger charge is 2.33. The predicted octanol–water partition coefficient (Wildman–Crippen LogP) is 3.67. The second-order valence-corrected chi connectivity index (χ2v) is 4.93. The largest absolute Gasteiger partial charge is 0.460 e. The molecule has 0 aliphatic carbocycles. The number of ketones is 1. The fourth-order valence-corrected chi connectivity index (χ4v) is 2.82. The first-order chi connectivity index (χ1) is 9.34. The second-order valence-electron chi connectivity index (χ2n) is 3.88. The van der Waals surface area contributed by atoms with Gasteiger partial charge in [0.05, 0.1) is 17.0 Å². The van der Waals surface area contributed by atoms with E-state index in [-0.39, 0.29) is 21.6 Å². The normalized spacial score (nSPS) is 11.6. The lowest BCUT2D eigenvalue weighted by Gasteiger charge is -2.06. The third-order valence-electron chi connectivity index (χ3n) is 2.53. The van der Waals surface area contributed by atoms with Crippen molar-refractivity contribution < 1.29 is 27.5 Å². The quantitative estimate of drug-likeness (QED) is 0.493. The van der Waals surface area contributed by atoms with Crippen LogP contribution < -0.4 is 0 Å². The number of halogens is 3. The van der Waals surface area contributed by atoms with Gasteiger partial charge in [-0.1, -0.05) is 12.1 Å². The highest BCUT2D eigenvalue weighted by atomic mass is 32.1. The summed E-state index contributed by atoms with van der Waals surface area (Å²) in [6, 6.07) is 4.94. The van der Waals surface area contributed by atoms with Crippen LogP contribution in [0.1, 0.15) is 22.2 Å². The van der Waals surface area contributed by atoms with Crippen LogP contribution in [0.3, 0.4) is 0 Å². The summed E-state index contributed by atoms with van der Waals surface area (Å²) < 4.78 is 43.0. The first-order valence-electron chi connectivity index (χ1n) is 5.65. The van der Waals surface area contributed by atoms with Crippen molar-refractivity contribution in [3.05, 3.63) is 34.7 Å². The van der Waals surface area contributed by atoms with Crippen LogP contribution in [-0.2, 0) is 15.7 Å². The van der Waals surface area contributed by atoms with E-state index in [4.69, 9.17) is 0 Å². The average molecular weight is 302 g/mol. The highest BCUT2D eigenvalue weighted by Crippen LogP contribution is 2.38. The number of esters is 1. The Morgan fingerprint density at radius 2 is 2.00 bits per heavy atom. The lowest BCUT2D eigenvalue weighted by atomic mass is 10.1. The smallest absolute Gasteiger partial charge is 0.417 e. The Hall–Kier alpha value is -1.89. The van der Waals surface area contributed by atoms with Crippen LogP contribution >= 0.6 is 11.3 Å². The van der Waals surface area contributed by atoms with Gasteiger partial charge in [0.1, 0.15) is 0 Å². The fraction of sp³-hybridized carbons (Fsp3) is 0.231. The first kappa shape index (κ1) is 14.5. The lowest BCUT2D eigenvalue weighted by molar-refractivity contribution is -0.137. The van der Waals surface area contributed by atoms with E-state index in [0.717, 1.165) is 6.07 Å². The maximum absolute atomic E-state index is 12.8. The monoisotopic (exact) mass is 302 g/mol. The number of thiophene rings is 1. The highest BCUT2D eigenvalue weighted by molar-refractivity contribution is 7.21. The number of ether oxygens (including phenoxy) is 1. The fourth-order valence-electron chi connectivity index (χ4n) is 1.70. The zero-order chi connectivity index (χ0) is 14.9. The standard InChI is InChI=1S/C13H9F3O3S/c1-2-19-12(18)10(17)9-6-7-4-3-5-8(11(7)20-9)13(14,15)16/h3-6H,2H2,1H3. The molecule has 1 aromatic carbocycles. The molecule has 20 heavy (non-hydrogen) atoms. The molecule has 0 radical (unpaired) electrons. The minimum Gasteiger partial charge on any atom is -0.460 e. The van der Waals surface area contributed by atoms with Crippen LogP contribution in [0.25, 0.3) is 10.1 Å². The molecule has 1 aromatic heterocycles. The third kappa shape index (κ3) is 2.67. The molecule has 0 saturated carbocycles. The zero-order valence-electron chi connectivity index (χ0n) is 10.3. The molecule has 1 heterocycles. The van der Waals surface area contributed by atoms with Crippen molar-refractivity contribution >= 4 is 33.2 Å². The van der Waals surface area contributed by atoms with E-state index in [1.807, 2.05) is 0 Å². The van der Waals surface area contributed by atoms with Gasteiger partial charge in [-0.25, -0.2) is 4.79 Å². The maximum atomic E-state index is 12.8. The third-order valence-corrected chi connectivity index (χ3v) is 3.72. The predicted molar refractivity (Wildman–Crippen MR) is 67.8 cm³/mol. The minimum absolute atomic E-state index is 0.0310. The summed E-state index contributed by atoms with van der Waals surface area (Å²) in [5, 5.41) is 0.275. The molecule has 2 rings (SSSR count). The SMILES string of the molecule is CCOC(=O)C(=O)c1cc2cccc(C(F)(F)F)c2s1. The Balaban J connectivity index is 2.49. The summed E-state index contributed by atoms with van der Waals surface area (Å²) in [5.41, 5.74) is -0.817. The van der Waals surface area contributed by atoms with E-state index in [1.165, 1.54) is 25.1 Å². The Morgan fingerprint density at radius 3 is 2.60 bits per heavy atom. The van der Waals surface area contributed by atoms with Gasteiger partial charge in [-0.15, -0.1) is 11.3 Å². The van der Waals surface area contributed by atoms with Crippen molar-refractivity contribution in [1.29, 1.82) is 0 Å². The van der Waals surface area contributed by atoms with E-state index in [0.29, 0.717) is 11.3 Å². The molecule has 0 spiro atoms. The Kier molecular flexibility index (Phi) is 3.80. The van der Waals surface area contributed by atoms with Crippen molar-refractivity contribution in [2.45, 2.75) is 13.1 Å².